The van der Waals surface area contributed by atoms with Crippen molar-refractivity contribution in [3.8, 4) is 0 Å². The molecule has 0 unspecified atom stereocenters. The molecular formula is C11H13N3O3. The minimum Gasteiger partial charge on any atom is -0.406 e. The molecule has 90 valence electrons. The second-order valence-electron chi connectivity index (χ2n) is 3.63. The van der Waals surface area contributed by atoms with Crippen LogP contribution in [0.2, 0.25) is 0 Å². The highest BCUT2D eigenvalue weighted by Gasteiger charge is 2.12. The molecule has 2 aromatic heterocycles. The van der Waals surface area contributed by atoms with Crippen molar-refractivity contribution in [2.75, 3.05) is 6.54 Å². The summed E-state index contributed by atoms with van der Waals surface area (Å²) in [6.07, 6.45) is 2.41. The fourth-order valence-electron chi connectivity index (χ4n) is 1.50. The van der Waals surface area contributed by atoms with E-state index in [0.717, 1.165) is 6.42 Å². The van der Waals surface area contributed by atoms with Crippen LogP contribution >= 0.6 is 0 Å². The van der Waals surface area contributed by atoms with Crippen molar-refractivity contribution in [2.45, 2.75) is 19.9 Å². The molecule has 2 rings (SSSR count). The number of aromatic nitrogens is 2. The highest BCUT2D eigenvalue weighted by atomic mass is 16.4. The summed E-state index contributed by atoms with van der Waals surface area (Å²) in [4.78, 5) is 27.1. The molecule has 0 aliphatic rings. The zero-order valence-electron chi connectivity index (χ0n) is 9.47. The monoisotopic (exact) mass is 235 g/mol. The normalized spacial score (nSPS) is 10.6. The van der Waals surface area contributed by atoms with E-state index in [1.54, 1.807) is 18.3 Å². The summed E-state index contributed by atoms with van der Waals surface area (Å²) in [5, 5.41) is 2.69. The van der Waals surface area contributed by atoms with E-state index in [9.17, 15) is 9.59 Å². The number of nitrogens with zero attached hydrogens (tertiary/aromatic N) is 2. The van der Waals surface area contributed by atoms with Crippen LogP contribution in [0.4, 0.5) is 0 Å². The van der Waals surface area contributed by atoms with Crippen LogP contribution in [0.25, 0.3) is 11.2 Å². The molecule has 0 saturated carbocycles. The van der Waals surface area contributed by atoms with Gasteiger partial charge in [-0.05, 0) is 18.6 Å². The molecule has 0 atom stereocenters. The highest BCUT2D eigenvalue weighted by Crippen LogP contribution is 2.07. The Balaban J connectivity index is 2.26. The molecule has 0 radical (unpaired) electrons. The van der Waals surface area contributed by atoms with Gasteiger partial charge in [0.05, 0.1) is 0 Å². The number of oxazole rings is 1. The van der Waals surface area contributed by atoms with E-state index in [-0.39, 0.29) is 12.5 Å². The van der Waals surface area contributed by atoms with Crippen molar-refractivity contribution in [2.24, 2.45) is 0 Å². The van der Waals surface area contributed by atoms with Crippen LogP contribution < -0.4 is 11.1 Å². The van der Waals surface area contributed by atoms with Gasteiger partial charge in [-0.25, -0.2) is 14.3 Å². The molecular weight excluding hydrogens is 222 g/mol. The fourth-order valence-corrected chi connectivity index (χ4v) is 1.50. The number of amides is 1. The number of carbonyl (C=O) groups excluding carboxylic acids is 1. The van der Waals surface area contributed by atoms with Gasteiger partial charge in [0.1, 0.15) is 6.54 Å². The summed E-state index contributed by atoms with van der Waals surface area (Å²) in [6, 6.07) is 3.32. The quantitative estimate of drug-likeness (QED) is 0.837. The van der Waals surface area contributed by atoms with Gasteiger partial charge in [0.25, 0.3) is 0 Å². The molecule has 0 aromatic carbocycles. The number of fused-ring (bicyclic) bond motifs is 1. The number of pyridine rings is 1. The molecule has 0 aliphatic heterocycles. The van der Waals surface area contributed by atoms with Gasteiger partial charge in [-0.15, -0.1) is 0 Å². The van der Waals surface area contributed by atoms with Crippen molar-refractivity contribution in [1.82, 2.24) is 14.9 Å². The average molecular weight is 235 g/mol. The van der Waals surface area contributed by atoms with Gasteiger partial charge in [0.2, 0.25) is 5.91 Å². The van der Waals surface area contributed by atoms with Gasteiger partial charge in [-0.1, -0.05) is 6.92 Å². The summed E-state index contributed by atoms with van der Waals surface area (Å²) in [7, 11) is 0. The third kappa shape index (κ3) is 2.35. The van der Waals surface area contributed by atoms with Gasteiger partial charge < -0.3 is 9.73 Å². The van der Waals surface area contributed by atoms with Crippen LogP contribution in [0, 0.1) is 0 Å². The van der Waals surface area contributed by atoms with Crippen LogP contribution in [-0.2, 0) is 11.3 Å². The Bertz CT molecular complexity index is 585. The Hall–Kier alpha value is -2.11. The smallest absolute Gasteiger partial charge is 0.406 e. The Kier molecular flexibility index (Phi) is 3.22. The van der Waals surface area contributed by atoms with E-state index >= 15 is 0 Å². The molecule has 0 saturated heterocycles. The van der Waals surface area contributed by atoms with Crippen molar-refractivity contribution in [1.29, 1.82) is 0 Å². The third-order valence-electron chi connectivity index (χ3n) is 2.30. The second-order valence-corrected chi connectivity index (χ2v) is 3.63. The molecule has 6 nitrogen and oxygen atoms in total. The highest BCUT2D eigenvalue weighted by molar-refractivity contribution is 5.77. The Morgan fingerprint density at radius 3 is 3.18 bits per heavy atom. The van der Waals surface area contributed by atoms with Crippen molar-refractivity contribution in [3.63, 3.8) is 0 Å². The SMILES string of the molecule is CCCNC(=O)Cn1c(=O)oc2cccnc21. The number of rotatable bonds is 4. The fraction of sp³-hybridized carbons (Fsp3) is 0.364. The van der Waals surface area contributed by atoms with Crippen LogP contribution in [-0.4, -0.2) is 22.0 Å². The van der Waals surface area contributed by atoms with E-state index in [4.69, 9.17) is 4.42 Å². The number of hydrogen-bond acceptors (Lipinski definition) is 4. The second kappa shape index (κ2) is 4.82. The van der Waals surface area contributed by atoms with Gasteiger partial charge in [-0.3, -0.25) is 4.79 Å². The lowest BCUT2D eigenvalue weighted by atomic mass is 10.4. The van der Waals surface area contributed by atoms with E-state index < -0.39 is 5.76 Å². The van der Waals surface area contributed by atoms with E-state index in [2.05, 4.69) is 10.3 Å². The molecule has 1 N–H and O–H groups in total. The van der Waals surface area contributed by atoms with E-state index in [1.807, 2.05) is 6.92 Å². The Morgan fingerprint density at radius 2 is 2.41 bits per heavy atom. The molecule has 17 heavy (non-hydrogen) atoms. The molecule has 0 fully saturated rings. The summed E-state index contributed by atoms with van der Waals surface area (Å²) in [6.45, 7) is 2.49. The third-order valence-corrected chi connectivity index (χ3v) is 2.30. The average Bonchev–Trinajstić information content (AvgIpc) is 2.64. The minimum absolute atomic E-state index is 0.0666. The molecule has 1 amide bonds. The first-order valence-electron chi connectivity index (χ1n) is 5.43. The maximum absolute atomic E-state index is 11.5. The summed E-state index contributed by atoms with van der Waals surface area (Å²) in [5.74, 6) is -0.785. The molecule has 0 spiro atoms. The van der Waals surface area contributed by atoms with Crippen molar-refractivity contribution < 1.29 is 9.21 Å². The van der Waals surface area contributed by atoms with E-state index in [0.29, 0.717) is 17.8 Å². The lowest BCUT2D eigenvalue weighted by Gasteiger charge is -2.03. The van der Waals surface area contributed by atoms with Crippen LogP contribution in [0.15, 0.2) is 27.5 Å². The summed E-state index contributed by atoms with van der Waals surface area (Å²) >= 11 is 0. The van der Waals surface area contributed by atoms with Gasteiger partial charge in [-0.2, -0.15) is 0 Å². The Labute approximate surface area is 97.3 Å². The summed E-state index contributed by atoms with van der Waals surface area (Å²) < 4.78 is 6.19. The van der Waals surface area contributed by atoms with Crippen LogP contribution in [0.5, 0.6) is 0 Å². The Morgan fingerprint density at radius 1 is 1.59 bits per heavy atom. The molecule has 2 heterocycles. The summed E-state index contributed by atoms with van der Waals surface area (Å²) in [5.41, 5.74) is 0.782. The minimum atomic E-state index is -0.564. The number of nitrogens with one attached hydrogen (secondary N) is 1. The molecule has 0 aliphatic carbocycles. The first-order valence-corrected chi connectivity index (χ1v) is 5.43. The largest absolute Gasteiger partial charge is 0.421 e. The van der Waals surface area contributed by atoms with Crippen molar-refractivity contribution >= 4 is 17.1 Å². The number of hydrogen-bond donors (Lipinski definition) is 1. The maximum atomic E-state index is 11.5. The zero-order chi connectivity index (χ0) is 12.3. The first-order chi connectivity index (χ1) is 8.22. The number of carbonyl (C=O) groups is 1. The van der Waals surface area contributed by atoms with Crippen molar-refractivity contribution in [3.05, 3.63) is 28.9 Å². The van der Waals surface area contributed by atoms with Crippen LogP contribution in [0.1, 0.15) is 13.3 Å². The van der Waals surface area contributed by atoms with Gasteiger partial charge >= 0.3 is 5.76 Å². The standard InChI is InChI=1S/C11H13N3O3/c1-2-5-12-9(15)7-14-10-8(17-11(14)16)4-3-6-13-10/h3-4,6H,2,5,7H2,1H3,(H,12,15). The van der Waals surface area contributed by atoms with Gasteiger partial charge in [0.15, 0.2) is 11.2 Å². The first kappa shape index (κ1) is 11.4. The lowest BCUT2D eigenvalue weighted by molar-refractivity contribution is -0.121. The topological polar surface area (TPSA) is 77.1 Å². The predicted octanol–water partition coefficient (Wildman–Crippen LogP) is 0.516. The predicted molar refractivity (Wildman–Crippen MR) is 61.6 cm³/mol. The molecule has 2 aromatic rings. The van der Waals surface area contributed by atoms with Crippen LogP contribution in [0.3, 0.4) is 0 Å². The lowest BCUT2D eigenvalue weighted by Crippen LogP contribution is -2.31. The molecule has 0 bridgehead atoms. The molecule has 6 heteroatoms. The zero-order valence-corrected chi connectivity index (χ0v) is 9.47. The van der Waals surface area contributed by atoms with Gasteiger partial charge in [0, 0.05) is 12.7 Å². The maximum Gasteiger partial charge on any atom is 0.421 e. The van der Waals surface area contributed by atoms with E-state index in [1.165, 1.54) is 4.57 Å².